The highest BCUT2D eigenvalue weighted by Gasteiger charge is 2.17. The summed E-state index contributed by atoms with van der Waals surface area (Å²) in [5.41, 5.74) is 2.29. The van der Waals surface area contributed by atoms with Gasteiger partial charge in [-0.15, -0.1) is 0 Å². The van der Waals surface area contributed by atoms with Crippen LogP contribution in [0.15, 0.2) is 17.1 Å². The molecular formula is C16H27N5. The van der Waals surface area contributed by atoms with Crippen molar-refractivity contribution < 1.29 is 0 Å². The maximum absolute atomic E-state index is 4.76. The first kappa shape index (κ1) is 15.6. The number of aryl methyl sites for hydroxylation is 1. The second-order valence-electron chi connectivity index (χ2n) is 6.03. The number of anilines is 1. The van der Waals surface area contributed by atoms with E-state index in [-0.39, 0.29) is 0 Å². The minimum atomic E-state index is 0.671. The first-order chi connectivity index (χ1) is 9.99. The summed E-state index contributed by atoms with van der Waals surface area (Å²) in [6.45, 7) is 4.95. The number of pyridine rings is 1. The molecule has 1 aromatic rings. The van der Waals surface area contributed by atoms with Crippen LogP contribution in [0.5, 0.6) is 0 Å². The van der Waals surface area contributed by atoms with Gasteiger partial charge >= 0.3 is 0 Å². The second kappa shape index (κ2) is 6.78. The third-order valence-electron chi connectivity index (χ3n) is 3.69. The summed E-state index contributed by atoms with van der Waals surface area (Å²) in [6, 6.07) is 4.25. The topological polar surface area (TPSA) is 35.0 Å². The Hall–Kier alpha value is -1.78. The zero-order chi connectivity index (χ0) is 15.4. The van der Waals surface area contributed by atoms with Crippen molar-refractivity contribution in [1.29, 1.82) is 0 Å². The Balaban J connectivity index is 2.25. The molecule has 0 spiro atoms. The standard InChI is InChI=1S/C16H27N5/c1-13-8-9-14(12-17-16(19(2)3)20(4)5)15(18-13)21-10-6-7-11-21/h8-9H,6-7,10-12H2,1-5H3. The van der Waals surface area contributed by atoms with E-state index in [1.165, 1.54) is 18.4 Å². The first-order valence-electron chi connectivity index (χ1n) is 7.59. The molecule has 0 unspecified atom stereocenters. The summed E-state index contributed by atoms with van der Waals surface area (Å²) >= 11 is 0. The Morgan fingerprint density at radius 3 is 2.33 bits per heavy atom. The van der Waals surface area contributed by atoms with Gasteiger partial charge in [-0.3, -0.25) is 0 Å². The fourth-order valence-electron chi connectivity index (χ4n) is 2.74. The van der Waals surface area contributed by atoms with Gasteiger partial charge in [0.05, 0.1) is 6.54 Å². The van der Waals surface area contributed by atoms with Crippen LogP contribution >= 0.6 is 0 Å². The van der Waals surface area contributed by atoms with E-state index in [9.17, 15) is 0 Å². The fraction of sp³-hybridized carbons (Fsp3) is 0.625. The van der Waals surface area contributed by atoms with E-state index >= 15 is 0 Å². The molecule has 0 bridgehead atoms. The summed E-state index contributed by atoms with van der Waals surface area (Å²) in [6.07, 6.45) is 2.53. The zero-order valence-electron chi connectivity index (χ0n) is 13.9. The molecule has 1 fully saturated rings. The maximum Gasteiger partial charge on any atom is 0.195 e. The number of nitrogens with zero attached hydrogens (tertiary/aromatic N) is 5. The van der Waals surface area contributed by atoms with E-state index in [1.54, 1.807) is 0 Å². The van der Waals surface area contributed by atoms with Crippen molar-refractivity contribution in [3.05, 3.63) is 23.4 Å². The minimum Gasteiger partial charge on any atom is -0.356 e. The van der Waals surface area contributed by atoms with Crippen LogP contribution in [-0.2, 0) is 6.54 Å². The molecule has 1 saturated heterocycles. The van der Waals surface area contributed by atoms with Crippen LogP contribution < -0.4 is 4.90 Å². The Morgan fingerprint density at radius 2 is 1.76 bits per heavy atom. The number of hydrogen-bond donors (Lipinski definition) is 0. The van der Waals surface area contributed by atoms with Crippen LogP contribution in [0.3, 0.4) is 0 Å². The highest BCUT2D eigenvalue weighted by molar-refractivity contribution is 5.79. The summed E-state index contributed by atoms with van der Waals surface area (Å²) in [5, 5.41) is 0. The van der Waals surface area contributed by atoms with Crippen molar-refractivity contribution >= 4 is 11.8 Å². The molecule has 2 rings (SSSR count). The normalized spacial score (nSPS) is 14.2. The number of guanidine groups is 1. The summed E-state index contributed by atoms with van der Waals surface area (Å²) in [4.78, 5) is 16.0. The van der Waals surface area contributed by atoms with Crippen molar-refractivity contribution in [3.8, 4) is 0 Å². The van der Waals surface area contributed by atoms with Crippen molar-refractivity contribution in [2.75, 3.05) is 46.2 Å². The highest BCUT2D eigenvalue weighted by atomic mass is 15.3. The molecular weight excluding hydrogens is 262 g/mol. The Labute approximate surface area is 128 Å². The molecule has 1 aromatic heterocycles. The largest absolute Gasteiger partial charge is 0.356 e. The molecule has 2 heterocycles. The summed E-state index contributed by atoms with van der Waals surface area (Å²) < 4.78 is 0. The lowest BCUT2D eigenvalue weighted by molar-refractivity contribution is 0.479. The van der Waals surface area contributed by atoms with Crippen molar-refractivity contribution in [1.82, 2.24) is 14.8 Å². The number of hydrogen-bond acceptors (Lipinski definition) is 3. The van der Waals surface area contributed by atoms with Gasteiger partial charge < -0.3 is 14.7 Å². The predicted molar refractivity (Wildman–Crippen MR) is 88.9 cm³/mol. The summed E-state index contributed by atoms with van der Waals surface area (Å²) in [5.74, 6) is 2.09. The van der Waals surface area contributed by atoms with E-state index in [0.717, 1.165) is 30.6 Å². The molecule has 0 N–H and O–H groups in total. The van der Waals surface area contributed by atoms with Crippen LogP contribution in [0.25, 0.3) is 0 Å². The molecule has 0 saturated carbocycles. The van der Waals surface area contributed by atoms with E-state index in [1.807, 2.05) is 38.0 Å². The van der Waals surface area contributed by atoms with Gasteiger partial charge in [-0.2, -0.15) is 0 Å². The van der Waals surface area contributed by atoms with Gasteiger partial charge in [0.2, 0.25) is 0 Å². The van der Waals surface area contributed by atoms with Crippen LogP contribution in [0.2, 0.25) is 0 Å². The van der Waals surface area contributed by atoms with Crippen LogP contribution in [-0.4, -0.2) is 62.0 Å². The van der Waals surface area contributed by atoms with E-state index in [4.69, 9.17) is 9.98 Å². The minimum absolute atomic E-state index is 0.671. The molecule has 116 valence electrons. The van der Waals surface area contributed by atoms with Gasteiger partial charge in [-0.1, -0.05) is 6.07 Å². The molecule has 1 aliphatic heterocycles. The predicted octanol–water partition coefficient (Wildman–Crippen LogP) is 1.97. The van der Waals surface area contributed by atoms with Crippen molar-refractivity contribution in [3.63, 3.8) is 0 Å². The van der Waals surface area contributed by atoms with E-state index < -0.39 is 0 Å². The lowest BCUT2D eigenvalue weighted by atomic mass is 10.2. The maximum atomic E-state index is 4.76. The third kappa shape index (κ3) is 3.86. The Bertz CT molecular complexity index is 491. The molecule has 5 nitrogen and oxygen atoms in total. The SMILES string of the molecule is Cc1ccc(CN=C(N(C)C)N(C)C)c(N2CCCC2)n1. The Kier molecular flexibility index (Phi) is 5.04. The molecule has 1 aliphatic rings. The fourth-order valence-corrected chi connectivity index (χ4v) is 2.74. The molecule has 21 heavy (non-hydrogen) atoms. The average molecular weight is 289 g/mol. The number of aliphatic imine (C=N–C) groups is 1. The molecule has 0 aromatic carbocycles. The monoisotopic (exact) mass is 289 g/mol. The van der Waals surface area contributed by atoms with Crippen molar-refractivity contribution in [2.24, 2.45) is 4.99 Å². The highest BCUT2D eigenvalue weighted by Crippen LogP contribution is 2.23. The molecule has 0 atom stereocenters. The third-order valence-corrected chi connectivity index (χ3v) is 3.69. The van der Waals surface area contributed by atoms with Gasteiger partial charge in [0.15, 0.2) is 5.96 Å². The van der Waals surface area contributed by atoms with Crippen LogP contribution in [0.4, 0.5) is 5.82 Å². The number of rotatable bonds is 3. The quantitative estimate of drug-likeness (QED) is 0.629. The average Bonchev–Trinajstić information content (AvgIpc) is 2.93. The lowest BCUT2D eigenvalue weighted by Crippen LogP contribution is -2.35. The molecule has 0 amide bonds. The van der Waals surface area contributed by atoms with Crippen molar-refractivity contribution in [2.45, 2.75) is 26.3 Å². The van der Waals surface area contributed by atoms with Gasteiger partial charge in [0, 0.05) is 52.5 Å². The first-order valence-corrected chi connectivity index (χ1v) is 7.59. The zero-order valence-corrected chi connectivity index (χ0v) is 13.9. The smallest absolute Gasteiger partial charge is 0.195 e. The van der Waals surface area contributed by atoms with E-state index in [2.05, 4.69) is 24.0 Å². The molecule has 0 aliphatic carbocycles. The number of aromatic nitrogens is 1. The Morgan fingerprint density at radius 1 is 1.14 bits per heavy atom. The molecule has 0 radical (unpaired) electrons. The summed E-state index contributed by atoms with van der Waals surface area (Å²) in [7, 11) is 8.09. The van der Waals surface area contributed by atoms with Gasteiger partial charge in [0.25, 0.3) is 0 Å². The molecule has 5 heteroatoms. The van der Waals surface area contributed by atoms with Gasteiger partial charge in [-0.25, -0.2) is 9.98 Å². The van der Waals surface area contributed by atoms with Gasteiger partial charge in [0.1, 0.15) is 5.82 Å². The van der Waals surface area contributed by atoms with E-state index in [0.29, 0.717) is 6.54 Å². The second-order valence-corrected chi connectivity index (χ2v) is 6.03. The lowest BCUT2D eigenvalue weighted by Gasteiger charge is -2.24. The van der Waals surface area contributed by atoms with Gasteiger partial charge in [-0.05, 0) is 25.8 Å². The van der Waals surface area contributed by atoms with Crippen LogP contribution in [0, 0.1) is 6.92 Å². The van der Waals surface area contributed by atoms with Crippen LogP contribution in [0.1, 0.15) is 24.1 Å².